The summed E-state index contributed by atoms with van der Waals surface area (Å²) in [7, 11) is 0. The lowest BCUT2D eigenvalue weighted by atomic mass is 9.94. The predicted octanol–water partition coefficient (Wildman–Crippen LogP) is 4.91. The Balaban J connectivity index is 2.04. The molecule has 3 aromatic carbocycles. The van der Waals surface area contributed by atoms with Crippen LogP contribution < -0.4 is 0 Å². The second-order valence-corrected chi connectivity index (χ2v) is 5.75. The first kappa shape index (κ1) is 15.0. The van der Waals surface area contributed by atoms with E-state index >= 15 is 0 Å². The lowest BCUT2D eigenvalue weighted by Crippen LogP contribution is -2.04. The summed E-state index contributed by atoms with van der Waals surface area (Å²) in [4.78, 5) is 12.6. The van der Waals surface area contributed by atoms with Crippen LogP contribution in [0.4, 0.5) is 0 Å². The zero-order chi connectivity index (χ0) is 16.4. The van der Waals surface area contributed by atoms with Crippen LogP contribution in [0, 0.1) is 13.8 Å². The molecule has 0 bridgehead atoms. The van der Waals surface area contributed by atoms with E-state index in [4.69, 9.17) is 0 Å². The summed E-state index contributed by atoms with van der Waals surface area (Å²) in [5.41, 5.74) is 4.83. The average molecular weight is 302 g/mol. The molecule has 1 N–H and O–H groups in total. The number of ketones is 1. The van der Waals surface area contributed by atoms with E-state index in [1.807, 2.05) is 62.4 Å². The predicted molar refractivity (Wildman–Crippen MR) is 92.9 cm³/mol. The second-order valence-electron chi connectivity index (χ2n) is 5.75. The van der Waals surface area contributed by atoms with Crippen molar-refractivity contribution in [2.75, 3.05) is 0 Å². The van der Waals surface area contributed by atoms with E-state index in [2.05, 4.69) is 0 Å². The number of aromatic hydroxyl groups is 1. The molecule has 2 heteroatoms. The van der Waals surface area contributed by atoms with E-state index in [0.717, 1.165) is 16.7 Å². The highest BCUT2D eigenvalue weighted by Gasteiger charge is 2.17. The Morgan fingerprint density at radius 1 is 0.826 bits per heavy atom. The number of hydrogen-bond donors (Lipinski definition) is 1. The molecule has 0 saturated carbocycles. The molecule has 0 fully saturated rings. The standard InChI is InChI=1S/C21H18O2/c1-14-8-10-16(11-9-14)18-12-15(2)20(19(22)13-18)21(23)17-6-4-3-5-7-17/h3-13,22H,1-2H3. The fraction of sp³-hybridized carbons (Fsp3) is 0.0952. The van der Waals surface area contributed by atoms with Gasteiger partial charge < -0.3 is 5.11 Å². The molecule has 0 aromatic heterocycles. The van der Waals surface area contributed by atoms with E-state index < -0.39 is 0 Å². The summed E-state index contributed by atoms with van der Waals surface area (Å²) < 4.78 is 0. The summed E-state index contributed by atoms with van der Waals surface area (Å²) in [6.45, 7) is 3.89. The zero-order valence-corrected chi connectivity index (χ0v) is 13.2. The lowest BCUT2D eigenvalue weighted by Gasteiger charge is -2.11. The van der Waals surface area contributed by atoms with E-state index in [9.17, 15) is 9.90 Å². The topological polar surface area (TPSA) is 37.3 Å². The summed E-state index contributed by atoms with van der Waals surface area (Å²) >= 11 is 0. The average Bonchev–Trinajstić information content (AvgIpc) is 2.55. The minimum atomic E-state index is -0.156. The number of benzene rings is 3. The molecule has 0 amide bonds. The molecule has 114 valence electrons. The van der Waals surface area contributed by atoms with E-state index in [1.165, 1.54) is 5.56 Å². The summed E-state index contributed by atoms with van der Waals surface area (Å²) in [5.74, 6) is -0.134. The van der Waals surface area contributed by atoms with Crippen LogP contribution in [0.5, 0.6) is 5.75 Å². The van der Waals surface area contributed by atoms with Crippen molar-refractivity contribution in [2.24, 2.45) is 0 Å². The second kappa shape index (κ2) is 6.09. The number of hydrogen-bond acceptors (Lipinski definition) is 2. The molecule has 23 heavy (non-hydrogen) atoms. The first-order valence-corrected chi connectivity index (χ1v) is 7.56. The maximum atomic E-state index is 12.6. The number of phenols is 1. The molecule has 0 saturated heterocycles. The van der Waals surface area contributed by atoms with E-state index in [1.54, 1.807) is 18.2 Å². The van der Waals surface area contributed by atoms with Crippen molar-refractivity contribution in [1.82, 2.24) is 0 Å². The largest absolute Gasteiger partial charge is 0.507 e. The lowest BCUT2D eigenvalue weighted by molar-refractivity contribution is 0.103. The van der Waals surface area contributed by atoms with Crippen LogP contribution in [0.1, 0.15) is 27.0 Å². The SMILES string of the molecule is Cc1ccc(-c2cc(C)c(C(=O)c3ccccc3)c(O)c2)cc1. The Bertz CT molecular complexity index is 824. The van der Waals surface area contributed by atoms with Gasteiger partial charge in [0.25, 0.3) is 0 Å². The number of phenolic OH excluding ortho intramolecular Hbond substituents is 1. The Kier molecular flexibility index (Phi) is 3.98. The van der Waals surface area contributed by atoms with Crippen molar-refractivity contribution in [3.63, 3.8) is 0 Å². The Morgan fingerprint density at radius 2 is 1.48 bits per heavy atom. The molecular weight excluding hydrogens is 284 g/mol. The first-order valence-electron chi connectivity index (χ1n) is 7.56. The molecule has 0 atom stereocenters. The molecule has 0 unspecified atom stereocenters. The van der Waals surface area contributed by atoms with Crippen LogP contribution in [-0.4, -0.2) is 10.9 Å². The Labute approximate surface area is 136 Å². The van der Waals surface area contributed by atoms with E-state index in [0.29, 0.717) is 11.1 Å². The van der Waals surface area contributed by atoms with Crippen molar-refractivity contribution < 1.29 is 9.90 Å². The highest BCUT2D eigenvalue weighted by molar-refractivity contribution is 6.11. The molecular formula is C21H18O2. The quantitative estimate of drug-likeness (QED) is 0.698. The van der Waals surface area contributed by atoms with Gasteiger partial charge in [0.2, 0.25) is 0 Å². The summed E-state index contributed by atoms with van der Waals surface area (Å²) in [6.07, 6.45) is 0. The van der Waals surface area contributed by atoms with Gasteiger partial charge in [-0.1, -0.05) is 66.2 Å². The van der Waals surface area contributed by atoms with Crippen LogP contribution in [0.3, 0.4) is 0 Å². The van der Waals surface area contributed by atoms with Gasteiger partial charge in [0.1, 0.15) is 5.75 Å². The third kappa shape index (κ3) is 3.02. The van der Waals surface area contributed by atoms with Gasteiger partial charge in [0, 0.05) is 5.56 Å². The van der Waals surface area contributed by atoms with Gasteiger partial charge in [-0.05, 0) is 36.6 Å². The maximum Gasteiger partial charge on any atom is 0.197 e. The highest BCUT2D eigenvalue weighted by atomic mass is 16.3. The molecule has 0 spiro atoms. The normalized spacial score (nSPS) is 10.5. The smallest absolute Gasteiger partial charge is 0.197 e. The molecule has 0 heterocycles. The van der Waals surface area contributed by atoms with Gasteiger partial charge in [-0.3, -0.25) is 4.79 Å². The van der Waals surface area contributed by atoms with Gasteiger partial charge in [-0.2, -0.15) is 0 Å². The van der Waals surface area contributed by atoms with Gasteiger partial charge in [-0.15, -0.1) is 0 Å². The number of rotatable bonds is 3. The molecule has 2 nitrogen and oxygen atoms in total. The number of carbonyl (C=O) groups is 1. The van der Waals surface area contributed by atoms with Crippen molar-refractivity contribution in [3.05, 3.63) is 89.0 Å². The van der Waals surface area contributed by atoms with Crippen LogP contribution in [0.2, 0.25) is 0 Å². The van der Waals surface area contributed by atoms with Crippen LogP contribution in [-0.2, 0) is 0 Å². The van der Waals surface area contributed by atoms with Crippen LogP contribution in [0.25, 0.3) is 11.1 Å². The van der Waals surface area contributed by atoms with Gasteiger partial charge >= 0.3 is 0 Å². The van der Waals surface area contributed by atoms with Gasteiger partial charge in [0.05, 0.1) is 5.56 Å². The monoisotopic (exact) mass is 302 g/mol. The minimum absolute atomic E-state index is 0.0226. The van der Waals surface area contributed by atoms with Crippen molar-refractivity contribution in [3.8, 4) is 16.9 Å². The molecule has 0 aliphatic rings. The zero-order valence-electron chi connectivity index (χ0n) is 13.2. The number of carbonyl (C=O) groups excluding carboxylic acids is 1. The summed E-state index contributed by atoms with van der Waals surface area (Å²) in [5, 5.41) is 10.4. The van der Waals surface area contributed by atoms with Crippen molar-refractivity contribution >= 4 is 5.78 Å². The fourth-order valence-corrected chi connectivity index (χ4v) is 2.71. The minimum Gasteiger partial charge on any atom is -0.507 e. The highest BCUT2D eigenvalue weighted by Crippen LogP contribution is 2.31. The fourth-order valence-electron chi connectivity index (χ4n) is 2.71. The third-order valence-corrected chi connectivity index (χ3v) is 3.96. The van der Waals surface area contributed by atoms with Crippen LogP contribution >= 0.6 is 0 Å². The van der Waals surface area contributed by atoms with Crippen molar-refractivity contribution in [1.29, 1.82) is 0 Å². The van der Waals surface area contributed by atoms with E-state index in [-0.39, 0.29) is 11.5 Å². The van der Waals surface area contributed by atoms with Crippen LogP contribution in [0.15, 0.2) is 66.7 Å². The number of aryl methyl sites for hydroxylation is 2. The van der Waals surface area contributed by atoms with Gasteiger partial charge in [0.15, 0.2) is 5.78 Å². The van der Waals surface area contributed by atoms with Crippen molar-refractivity contribution in [2.45, 2.75) is 13.8 Å². The molecule has 0 aliphatic heterocycles. The third-order valence-electron chi connectivity index (χ3n) is 3.96. The molecule has 3 rings (SSSR count). The molecule has 0 aliphatic carbocycles. The Morgan fingerprint density at radius 3 is 2.09 bits per heavy atom. The molecule has 0 radical (unpaired) electrons. The molecule has 3 aromatic rings. The first-order chi connectivity index (χ1) is 11.1. The Hall–Kier alpha value is -2.87. The summed E-state index contributed by atoms with van der Waals surface area (Å²) in [6, 6.07) is 20.7. The van der Waals surface area contributed by atoms with Gasteiger partial charge in [-0.25, -0.2) is 0 Å². The maximum absolute atomic E-state index is 12.6.